The third-order valence-electron chi connectivity index (χ3n) is 4.66. The van der Waals surface area contributed by atoms with Crippen molar-refractivity contribution in [1.29, 1.82) is 0 Å². The summed E-state index contributed by atoms with van der Waals surface area (Å²) in [5.74, 6) is -0.392. The number of rotatable bonds is 7. The fourth-order valence-corrected chi connectivity index (χ4v) is 4.61. The van der Waals surface area contributed by atoms with E-state index in [-0.39, 0.29) is 0 Å². The number of esters is 1. The minimum atomic E-state index is -0.392. The number of thiophene rings is 1. The maximum absolute atomic E-state index is 12.5. The van der Waals surface area contributed by atoms with Gasteiger partial charge in [-0.2, -0.15) is 5.10 Å². The molecule has 33 heavy (non-hydrogen) atoms. The third-order valence-corrected chi connectivity index (χ3v) is 6.22. The van der Waals surface area contributed by atoms with E-state index in [1.807, 2.05) is 66.9 Å². The summed E-state index contributed by atoms with van der Waals surface area (Å²) in [7, 11) is 0. The molecule has 2 heterocycles. The molecule has 4 aromatic rings. The second-order valence-corrected chi connectivity index (χ2v) is 8.97. The molecule has 0 amide bonds. The van der Waals surface area contributed by atoms with Crippen molar-refractivity contribution in [3.05, 3.63) is 89.2 Å². The smallest absolute Gasteiger partial charge is 0.341 e. The summed E-state index contributed by atoms with van der Waals surface area (Å²) >= 11 is 12.9. The number of halogens is 1. The van der Waals surface area contributed by atoms with Crippen LogP contribution in [0.1, 0.15) is 22.8 Å². The molecule has 9 heteroatoms. The van der Waals surface area contributed by atoms with E-state index in [4.69, 9.17) is 28.6 Å². The van der Waals surface area contributed by atoms with Crippen LogP contribution >= 0.6 is 35.2 Å². The van der Waals surface area contributed by atoms with Crippen molar-refractivity contribution in [3.8, 4) is 10.4 Å². The molecule has 0 saturated heterocycles. The highest BCUT2D eigenvalue weighted by molar-refractivity contribution is 7.80. The SMILES string of the molecule is CCOC(=O)c1cc(-c2ccccc2)sc1NC(=S)Nc1cnn(Cc2ccc(Cl)cc2)c1. The number of ether oxygens (including phenoxy) is 1. The summed E-state index contributed by atoms with van der Waals surface area (Å²) in [4.78, 5) is 13.5. The molecule has 0 saturated carbocycles. The lowest BCUT2D eigenvalue weighted by molar-refractivity contribution is 0.0528. The van der Waals surface area contributed by atoms with Crippen LogP contribution in [-0.4, -0.2) is 27.5 Å². The molecule has 2 N–H and O–H groups in total. The molecule has 0 aliphatic rings. The Morgan fingerprint density at radius 2 is 1.91 bits per heavy atom. The van der Waals surface area contributed by atoms with E-state index in [2.05, 4.69) is 15.7 Å². The molecule has 2 aromatic carbocycles. The number of carbonyl (C=O) groups excluding carboxylic acids is 1. The Morgan fingerprint density at radius 3 is 2.64 bits per heavy atom. The van der Waals surface area contributed by atoms with Crippen molar-refractivity contribution >= 4 is 56.9 Å². The molecule has 0 unspecified atom stereocenters. The van der Waals surface area contributed by atoms with E-state index in [9.17, 15) is 4.79 Å². The normalized spacial score (nSPS) is 10.6. The number of hydrogen-bond donors (Lipinski definition) is 2. The van der Waals surface area contributed by atoms with Crippen molar-refractivity contribution in [2.24, 2.45) is 0 Å². The van der Waals surface area contributed by atoms with Gasteiger partial charge >= 0.3 is 5.97 Å². The molecule has 0 aliphatic heterocycles. The van der Waals surface area contributed by atoms with Gasteiger partial charge in [0.1, 0.15) is 5.00 Å². The number of benzene rings is 2. The quantitative estimate of drug-likeness (QED) is 0.231. The fraction of sp³-hybridized carbons (Fsp3) is 0.125. The summed E-state index contributed by atoms with van der Waals surface area (Å²) in [6.07, 6.45) is 3.55. The maximum Gasteiger partial charge on any atom is 0.341 e. The summed E-state index contributed by atoms with van der Waals surface area (Å²) in [5.41, 5.74) is 3.28. The third kappa shape index (κ3) is 5.98. The van der Waals surface area contributed by atoms with E-state index in [0.29, 0.717) is 33.9 Å². The second kappa shape index (κ2) is 10.6. The highest BCUT2D eigenvalue weighted by Crippen LogP contribution is 2.36. The minimum Gasteiger partial charge on any atom is -0.462 e. The molecule has 0 spiro atoms. The number of anilines is 2. The van der Waals surface area contributed by atoms with Gasteiger partial charge in [-0.05, 0) is 48.5 Å². The van der Waals surface area contributed by atoms with E-state index in [1.165, 1.54) is 11.3 Å². The van der Waals surface area contributed by atoms with Crippen molar-refractivity contribution in [3.63, 3.8) is 0 Å². The molecule has 0 bridgehead atoms. The van der Waals surface area contributed by atoms with Gasteiger partial charge in [0.15, 0.2) is 5.11 Å². The molecule has 6 nitrogen and oxygen atoms in total. The molecule has 0 aliphatic carbocycles. The number of nitrogens with zero attached hydrogens (tertiary/aromatic N) is 2. The van der Waals surface area contributed by atoms with Crippen molar-refractivity contribution < 1.29 is 9.53 Å². The van der Waals surface area contributed by atoms with Gasteiger partial charge in [-0.25, -0.2) is 4.79 Å². The molecular formula is C24H21ClN4O2S2. The van der Waals surface area contributed by atoms with Crippen molar-refractivity contribution in [1.82, 2.24) is 9.78 Å². The van der Waals surface area contributed by atoms with E-state index in [1.54, 1.807) is 17.8 Å². The predicted molar refractivity (Wildman–Crippen MR) is 138 cm³/mol. The zero-order valence-electron chi connectivity index (χ0n) is 17.7. The van der Waals surface area contributed by atoms with Crippen LogP contribution in [0.4, 0.5) is 10.7 Å². The summed E-state index contributed by atoms with van der Waals surface area (Å²) in [6, 6.07) is 19.3. The van der Waals surface area contributed by atoms with Crippen LogP contribution in [0.2, 0.25) is 5.02 Å². The first-order chi connectivity index (χ1) is 16.0. The molecule has 0 fully saturated rings. The average Bonchev–Trinajstić information content (AvgIpc) is 3.43. The van der Waals surface area contributed by atoms with Crippen LogP contribution in [0, 0.1) is 0 Å². The van der Waals surface area contributed by atoms with Gasteiger partial charge in [-0.3, -0.25) is 4.68 Å². The monoisotopic (exact) mass is 496 g/mol. The van der Waals surface area contributed by atoms with Gasteiger partial charge in [0.25, 0.3) is 0 Å². The fourth-order valence-electron chi connectivity index (χ4n) is 3.15. The van der Waals surface area contributed by atoms with Gasteiger partial charge in [-0.15, -0.1) is 11.3 Å². The maximum atomic E-state index is 12.5. The Bertz CT molecular complexity index is 1250. The van der Waals surface area contributed by atoms with Gasteiger partial charge in [0.2, 0.25) is 0 Å². The first-order valence-electron chi connectivity index (χ1n) is 10.2. The van der Waals surface area contributed by atoms with Crippen LogP contribution in [0.15, 0.2) is 73.1 Å². The number of aromatic nitrogens is 2. The molecular weight excluding hydrogens is 476 g/mol. The second-order valence-electron chi connectivity index (χ2n) is 7.07. The molecule has 0 radical (unpaired) electrons. The highest BCUT2D eigenvalue weighted by Gasteiger charge is 2.19. The number of carbonyl (C=O) groups is 1. The number of nitrogens with one attached hydrogen (secondary N) is 2. The van der Waals surface area contributed by atoms with Crippen molar-refractivity contribution in [2.45, 2.75) is 13.5 Å². The average molecular weight is 497 g/mol. The summed E-state index contributed by atoms with van der Waals surface area (Å²) in [5, 5.41) is 12.3. The largest absolute Gasteiger partial charge is 0.462 e. The van der Waals surface area contributed by atoms with E-state index in [0.717, 1.165) is 21.7 Å². The zero-order chi connectivity index (χ0) is 23.2. The summed E-state index contributed by atoms with van der Waals surface area (Å²) < 4.78 is 7.03. The van der Waals surface area contributed by atoms with Crippen LogP contribution in [0.25, 0.3) is 10.4 Å². The first-order valence-corrected chi connectivity index (χ1v) is 11.8. The lowest BCUT2D eigenvalue weighted by atomic mass is 10.1. The topological polar surface area (TPSA) is 68.2 Å². The van der Waals surface area contributed by atoms with Gasteiger partial charge < -0.3 is 15.4 Å². The lowest BCUT2D eigenvalue weighted by Gasteiger charge is -2.09. The first kappa shape index (κ1) is 23.0. The standard InChI is InChI=1S/C24H21ClN4O2S2/c1-2-31-23(30)20-12-21(17-6-4-3-5-7-17)33-22(20)28-24(32)27-19-13-26-29(15-19)14-16-8-10-18(25)11-9-16/h3-13,15H,2,14H2,1H3,(H2,27,28,32). The Morgan fingerprint density at radius 1 is 1.15 bits per heavy atom. The molecule has 168 valence electrons. The Hall–Kier alpha value is -3.20. The summed E-state index contributed by atoms with van der Waals surface area (Å²) in [6.45, 7) is 2.69. The zero-order valence-corrected chi connectivity index (χ0v) is 20.1. The molecule has 4 rings (SSSR count). The highest BCUT2D eigenvalue weighted by atomic mass is 35.5. The Kier molecular flexibility index (Phi) is 7.39. The lowest BCUT2D eigenvalue weighted by Crippen LogP contribution is -2.19. The van der Waals surface area contributed by atoms with Crippen molar-refractivity contribution in [2.75, 3.05) is 17.2 Å². The van der Waals surface area contributed by atoms with Crippen LogP contribution in [-0.2, 0) is 11.3 Å². The molecule has 0 atom stereocenters. The van der Waals surface area contributed by atoms with Gasteiger partial charge in [-0.1, -0.05) is 54.1 Å². The Balaban J connectivity index is 1.46. The van der Waals surface area contributed by atoms with Gasteiger partial charge in [0, 0.05) is 16.1 Å². The van der Waals surface area contributed by atoms with E-state index < -0.39 is 5.97 Å². The van der Waals surface area contributed by atoms with Crippen LogP contribution < -0.4 is 10.6 Å². The minimum absolute atomic E-state index is 0.296. The van der Waals surface area contributed by atoms with Gasteiger partial charge in [0.05, 0.1) is 30.6 Å². The number of hydrogen-bond acceptors (Lipinski definition) is 5. The predicted octanol–water partition coefficient (Wildman–Crippen LogP) is 6.30. The van der Waals surface area contributed by atoms with Crippen LogP contribution in [0.3, 0.4) is 0 Å². The Labute approximate surface area is 206 Å². The molecule has 2 aromatic heterocycles. The van der Waals surface area contributed by atoms with E-state index >= 15 is 0 Å². The van der Waals surface area contributed by atoms with Crippen LogP contribution in [0.5, 0.6) is 0 Å². The number of thiocarbonyl (C=S) groups is 1.